The van der Waals surface area contributed by atoms with Gasteiger partial charge in [0.25, 0.3) is 5.91 Å². The van der Waals surface area contributed by atoms with E-state index in [1.54, 1.807) is 4.68 Å². The number of hydrogen-bond donors (Lipinski definition) is 2. The average molecular weight is 317 g/mol. The molecule has 0 aromatic carbocycles. The van der Waals surface area contributed by atoms with E-state index in [0.29, 0.717) is 18.2 Å². The van der Waals surface area contributed by atoms with Crippen molar-refractivity contribution in [3.8, 4) is 0 Å². The van der Waals surface area contributed by atoms with E-state index in [1.165, 1.54) is 0 Å². The number of carbonyl (C=O) groups is 1. The first kappa shape index (κ1) is 15.5. The number of hydrogen-bond acceptors (Lipinski definition) is 5. The van der Waals surface area contributed by atoms with Crippen LogP contribution in [0.3, 0.4) is 0 Å². The monoisotopic (exact) mass is 317 g/mol. The summed E-state index contributed by atoms with van der Waals surface area (Å²) < 4.78 is 1.67. The number of likely N-dealkylation sites (tertiary alicyclic amines) is 1. The molecule has 0 saturated carbocycles. The van der Waals surface area contributed by atoms with E-state index in [2.05, 4.69) is 34.1 Å². The van der Waals surface area contributed by atoms with Crippen LogP contribution < -0.4 is 5.73 Å². The Labute approximate surface area is 135 Å². The van der Waals surface area contributed by atoms with Crippen LogP contribution in [0.5, 0.6) is 0 Å². The van der Waals surface area contributed by atoms with Crippen molar-refractivity contribution in [2.75, 3.05) is 18.8 Å². The number of carbonyl (C=O) groups excluding carboxylic acids is 1. The van der Waals surface area contributed by atoms with E-state index in [-0.39, 0.29) is 17.8 Å². The van der Waals surface area contributed by atoms with Gasteiger partial charge in [0.1, 0.15) is 11.5 Å². The lowest BCUT2D eigenvalue weighted by Crippen LogP contribution is -2.40. The molecule has 1 amide bonds. The van der Waals surface area contributed by atoms with Crippen molar-refractivity contribution in [1.29, 1.82) is 0 Å². The number of aromatic amines is 1. The minimum absolute atomic E-state index is 0.0177. The van der Waals surface area contributed by atoms with Gasteiger partial charge in [-0.15, -0.1) is 5.10 Å². The molecule has 3 N–H and O–H groups in total. The SMILES string of the molecule is CC(C)c1cc(C(=O)N2CCCC(c3nc(N)n[nH]3)C2)n(C)n1. The zero-order chi connectivity index (χ0) is 16.6. The van der Waals surface area contributed by atoms with Gasteiger partial charge in [-0.2, -0.15) is 10.1 Å². The number of nitrogens with one attached hydrogen (secondary N) is 1. The highest BCUT2D eigenvalue weighted by molar-refractivity contribution is 5.92. The second-order valence-corrected chi connectivity index (χ2v) is 6.40. The number of aromatic nitrogens is 5. The van der Waals surface area contributed by atoms with Crippen LogP contribution in [0.15, 0.2) is 6.07 Å². The highest BCUT2D eigenvalue weighted by atomic mass is 16.2. The summed E-state index contributed by atoms with van der Waals surface area (Å²) in [6, 6.07) is 1.89. The molecule has 0 spiro atoms. The summed E-state index contributed by atoms with van der Waals surface area (Å²) >= 11 is 0. The van der Waals surface area contributed by atoms with Crippen LogP contribution >= 0.6 is 0 Å². The quantitative estimate of drug-likeness (QED) is 0.886. The molecule has 2 aromatic rings. The van der Waals surface area contributed by atoms with Crippen LogP contribution in [-0.4, -0.2) is 48.9 Å². The number of nitrogens with two attached hydrogens (primary N) is 1. The standard InChI is InChI=1S/C15H23N7O/c1-9(2)11-7-12(21(3)20-11)14(23)22-6-4-5-10(8-22)13-17-15(16)19-18-13/h7,9-10H,4-6,8H2,1-3H3,(H3,16,17,18,19). The predicted molar refractivity (Wildman–Crippen MR) is 86.0 cm³/mol. The number of anilines is 1. The van der Waals surface area contributed by atoms with Crippen LogP contribution in [0.2, 0.25) is 0 Å². The zero-order valence-electron chi connectivity index (χ0n) is 13.8. The molecule has 23 heavy (non-hydrogen) atoms. The lowest BCUT2D eigenvalue weighted by atomic mass is 9.97. The minimum Gasteiger partial charge on any atom is -0.367 e. The number of nitrogens with zero attached hydrogens (tertiary/aromatic N) is 5. The Hall–Kier alpha value is -2.38. The smallest absolute Gasteiger partial charge is 0.272 e. The number of nitrogen functional groups attached to an aromatic ring is 1. The molecule has 0 bridgehead atoms. The van der Waals surface area contributed by atoms with Crippen molar-refractivity contribution in [2.45, 2.75) is 38.5 Å². The first-order chi connectivity index (χ1) is 11.0. The van der Waals surface area contributed by atoms with E-state index in [0.717, 1.165) is 30.9 Å². The maximum atomic E-state index is 12.8. The zero-order valence-corrected chi connectivity index (χ0v) is 13.8. The normalized spacial score (nSPS) is 18.6. The van der Waals surface area contributed by atoms with Crippen LogP contribution in [0.25, 0.3) is 0 Å². The van der Waals surface area contributed by atoms with Gasteiger partial charge >= 0.3 is 0 Å². The number of amides is 1. The molecule has 1 unspecified atom stereocenters. The minimum atomic E-state index is 0.0177. The molecule has 1 saturated heterocycles. The van der Waals surface area contributed by atoms with Gasteiger partial charge in [-0.1, -0.05) is 13.8 Å². The van der Waals surface area contributed by atoms with E-state index in [4.69, 9.17) is 5.73 Å². The fraction of sp³-hybridized carbons (Fsp3) is 0.600. The molecule has 3 heterocycles. The predicted octanol–water partition coefficient (Wildman–Crippen LogP) is 1.26. The molecule has 1 fully saturated rings. The Balaban J connectivity index is 1.77. The van der Waals surface area contributed by atoms with Crippen LogP contribution in [0.1, 0.15) is 60.5 Å². The summed E-state index contributed by atoms with van der Waals surface area (Å²) in [6.07, 6.45) is 1.91. The van der Waals surface area contributed by atoms with Gasteiger partial charge in [-0.3, -0.25) is 14.6 Å². The summed E-state index contributed by atoms with van der Waals surface area (Å²) in [7, 11) is 1.82. The van der Waals surface area contributed by atoms with Gasteiger partial charge in [-0.05, 0) is 24.8 Å². The van der Waals surface area contributed by atoms with Crippen molar-refractivity contribution in [1.82, 2.24) is 29.9 Å². The third-order valence-corrected chi connectivity index (χ3v) is 4.32. The first-order valence-electron chi connectivity index (χ1n) is 7.96. The molecule has 2 aromatic heterocycles. The Morgan fingerprint density at radius 1 is 1.48 bits per heavy atom. The molecule has 1 aliphatic rings. The molecular weight excluding hydrogens is 294 g/mol. The van der Waals surface area contributed by atoms with Crippen molar-refractivity contribution >= 4 is 11.9 Å². The number of aryl methyl sites for hydroxylation is 1. The number of rotatable bonds is 3. The summed E-state index contributed by atoms with van der Waals surface area (Å²) in [6.45, 7) is 5.51. The van der Waals surface area contributed by atoms with Gasteiger partial charge in [0.2, 0.25) is 5.95 Å². The molecule has 1 atom stereocenters. The highest BCUT2D eigenvalue weighted by Crippen LogP contribution is 2.26. The van der Waals surface area contributed by atoms with Gasteiger partial charge in [-0.25, -0.2) is 0 Å². The van der Waals surface area contributed by atoms with Crippen molar-refractivity contribution in [2.24, 2.45) is 7.05 Å². The lowest BCUT2D eigenvalue weighted by Gasteiger charge is -2.31. The van der Waals surface area contributed by atoms with Gasteiger partial charge in [0, 0.05) is 26.1 Å². The molecule has 0 aliphatic carbocycles. The number of piperidine rings is 1. The Morgan fingerprint density at radius 2 is 2.26 bits per heavy atom. The molecule has 3 rings (SSSR count). The maximum Gasteiger partial charge on any atom is 0.272 e. The Bertz CT molecular complexity index is 702. The van der Waals surface area contributed by atoms with E-state index >= 15 is 0 Å². The fourth-order valence-electron chi connectivity index (χ4n) is 2.99. The fourth-order valence-corrected chi connectivity index (χ4v) is 2.99. The summed E-state index contributed by atoms with van der Waals surface area (Å²) in [5.41, 5.74) is 7.14. The van der Waals surface area contributed by atoms with Gasteiger partial charge < -0.3 is 10.6 Å². The van der Waals surface area contributed by atoms with Crippen molar-refractivity contribution in [3.05, 3.63) is 23.3 Å². The largest absolute Gasteiger partial charge is 0.367 e. The van der Waals surface area contributed by atoms with Gasteiger partial charge in [0.15, 0.2) is 0 Å². The number of H-pyrrole nitrogens is 1. The third kappa shape index (κ3) is 3.06. The lowest BCUT2D eigenvalue weighted by molar-refractivity contribution is 0.0693. The summed E-state index contributed by atoms with van der Waals surface area (Å²) in [4.78, 5) is 18.9. The first-order valence-corrected chi connectivity index (χ1v) is 7.96. The topological polar surface area (TPSA) is 106 Å². The van der Waals surface area contributed by atoms with Crippen LogP contribution in [-0.2, 0) is 7.05 Å². The third-order valence-electron chi connectivity index (χ3n) is 4.32. The molecule has 1 aliphatic heterocycles. The molecule has 0 radical (unpaired) electrons. The van der Waals surface area contributed by atoms with Crippen LogP contribution in [0, 0.1) is 0 Å². The molecule has 8 heteroatoms. The molecule has 124 valence electrons. The van der Waals surface area contributed by atoms with E-state index in [1.807, 2.05) is 18.0 Å². The second kappa shape index (κ2) is 6.02. The second-order valence-electron chi connectivity index (χ2n) is 6.40. The average Bonchev–Trinajstić information content (AvgIpc) is 3.13. The van der Waals surface area contributed by atoms with Crippen molar-refractivity contribution < 1.29 is 4.79 Å². The summed E-state index contributed by atoms with van der Waals surface area (Å²) in [5.74, 6) is 1.47. The maximum absolute atomic E-state index is 12.8. The van der Waals surface area contributed by atoms with Crippen LogP contribution in [0.4, 0.5) is 5.95 Å². The molecular formula is C15H23N7O. The van der Waals surface area contributed by atoms with Crippen molar-refractivity contribution in [3.63, 3.8) is 0 Å². The van der Waals surface area contributed by atoms with Gasteiger partial charge in [0.05, 0.1) is 5.69 Å². The highest BCUT2D eigenvalue weighted by Gasteiger charge is 2.29. The summed E-state index contributed by atoms with van der Waals surface area (Å²) in [5, 5.41) is 11.2. The van der Waals surface area contributed by atoms with E-state index < -0.39 is 0 Å². The Morgan fingerprint density at radius 3 is 2.87 bits per heavy atom. The molecule has 8 nitrogen and oxygen atoms in total. The Kier molecular flexibility index (Phi) is 4.06. The van der Waals surface area contributed by atoms with E-state index in [9.17, 15) is 4.79 Å².